The number of benzene rings is 5. The van der Waals surface area contributed by atoms with Crippen LogP contribution >= 0.6 is 0 Å². The first kappa shape index (κ1) is 24.6. The minimum absolute atomic E-state index is 0.127. The van der Waals surface area contributed by atoms with E-state index in [1.54, 1.807) is 31.4 Å². The number of rotatable bonds is 5. The second-order valence-corrected chi connectivity index (χ2v) is 9.91. The van der Waals surface area contributed by atoms with E-state index in [1.165, 1.54) is 0 Å². The molecule has 0 bridgehead atoms. The summed E-state index contributed by atoms with van der Waals surface area (Å²) in [6.07, 6.45) is 0.415. The third kappa shape index (κ3) is 4.19. The van der Waals surface area contributed by atoms with Gasteiger partial charge in [-0.05, 0) is 53.6 Å². The third-order valence-electron chi connectivity index (χ3n) is 7.47. The van der Waals surface area contributed by atoms with Crippen LogP contribution in [0.15, 0.2) is 134 Å². The molecule has 0 radical (unpaired) electrons. The Hall–Kier alpha value is -5.42. The van der Waals surface area contributed by atoms with Crippen molar-refractivity contribution in [2.75, 3.05) is 7.11 Å². The fourth-order valence-electron chi connectivity index (χ4n) is 5.48. The third-order valence-corrected chi connectivity index (χ3v) is 7.47. The molecule has 0 saturated heterocycles. The highest BCUT2D eigenvalue weighted by atomic mass is 16.5. The molecule has 5 aromatic carbocycles. The molecule has 2 aromatic heterocycles. The molecule has 0 saturated carbocycles. The summed E-state index contributed by atoms with van der Waals surface area (Å²) >= 11 is 0. The van der Waals surface area contributed by atoms with Crippen molar-refractivity contribution in [3.63, 3.8) is 0 Å². The molecule has 7 aromatic rings. The van der Waals surface area contributed by atoms with E-state index in [9.17, 15) is 9.59 Å². The minimum Gasteiger partial charge on any atom is -0.497 e. The first-order valence-electron chi connectivity index (χ1n) is 13.3. The first-order valence-corrected chi connectivity index (χ1v) is 13.3. The molecule has 0 atom stereocenters. The van der Waals surface area contributed by atoms with Gasteiger partial charge in [-0.2, -0.15) is 0 Å². The zero-order valence-corrected chi connectivity index (χ0v) is 22.2. The summed E-state index contributed by atoms with van der Waals surface area (Å²) < 4.78 is 18.3. The number of methoxy groups -OCH3 is 1. The Balaban J connectivity index is 1.61. The lowest BCUT2D eigenvalue weighted by Gasteiger charge is -2.16. The van der Waals surface area contributed by atoms with Crippen LogP contribution in [0, 0.1) is 0 Å². The maximum atomic E-state index is 14.3. The van der Waals surface area contributed by atoms with Crippen LogP contribution in [0.3, 0.4) is 0 Å². The summed E-state index contributed by atoms with van der Waals surface area (Å²) in [7, 11) is 1.61. The molecule has 0 aliphatic heterocycles. The summed E-state index contributed by atoms with van der Waals surface area (Å²) in [6.45, 7) is 0. The molecule has 198 valence electrons. The van der Waals surface area contributed by atoms with Gasteiger partial charge in [0.2, 0.25) is 10.9 Å². The zero-order chi connectivity index (χ0) is 27.9. The first-order chi connectivity index (χ1) is 20.1. The summed E-state index contributed by atoms with van der Waals surface area (Å²) in [5.74, 6) is 1.23. The van der Waals surface area contributed by atoms with Gasteiger partial charge in [-0.15, -0.1) is 0 Å². The van der Waals surface area contributed by atoms with E-state index in [0.29, 0.717) is 67.5 Å². The Morgan fingerprint density at radius 2 is 1.22 bits per heavy atom. The average Bonchev–Trinajstić information content (AvgIpc) is 3.02. The highest BCUT2D eigenvalue weighted by Crippen LogP contribution is 2.40. The molecule has 41 heavy (non-hydrogen) atoms. The van der Waals surface area contributed by atoms with Crippen LogP contribution in [0.4, 0.5) is 0 Å². The van der Waals surface area contributed by atoms with E-state index in [4.69, 9.17) is 13.6 Å². The van der Waals surface area contributed by atoms with E-state index in [-0.39, 0.29) is 10.9 Å². The molecule has 2 heterocycles. The van der Waals surface area contributed by atoms with Gasteiger partial charge in [-0.3, -0.25) is 9.59 Å². The highest BCUT2D eigenvalue weighted by molar-refractivity contribution is 6.04. The normalized spacial score (nSPS) is 11.3. The SMILES string of the molecule is COc1ccc(-c2c(-c3c(Cc4ccccc4)oc4ccccc4c3=O)ccc3c(=O)c4ccccc4oc23)cc1. The van der Waals surface area contributed by atoms with Gasteiger partial charge < -0.3 is 13.6 Å². The number of para-hydroxylation sites is 2. The molecule has 5 heteroatoms. The fourth-order valence-corrected chi connectivity index (χ4v) is 5.48. The summed E-state index contributed by atoms with van der Waals surface area (Å²) in [5.41, 5.74) is 4.65. The van der Waals surface area contributed by atoms with Gasteiger partial charge in [0.1, 0.15) is 28.3 Å². The number of fused-ring (bicyclic) bond motifs is 3. The topological polar surface area (TPSA) is 69.7 Å². The van der Waals surface area contributed by atoms with E-state index in [2.05, 4.69) is 0 Å². The average molecular weight is 537 g/mol. The molecular weight excluding hydrogens is 512 g/mol. The van der Waals surface area contributed by atoms with Gasteiger partial charge in [0, 0.05) is 17.5 Å². The summed E-state index contributed by atoms with van der Waals surface area (Å²) in [5, 5.41) is 1.43. The Kier molecular flexibility index (Phi) is 5.98. The fraction of sp³-hybridized carbons (Fsp3) is 0.0556. The van der Waals surface area contributed by atoms with Crippen molar-refractivity contribution < 1.29 is 13.6 Å². The van der Waals surface area contributed by atoms with Gasteiger partial charge in [0.15, 0.2) is 0 Å². The zero-order valence-electron chi connectivity index (χ0n) is 22.2. The lowest BCUT2D eigenvalue weighted by molar-refractivity contribution is 0.415. The molecule has 0 N–H and O–H groups in total. The van der Waals surface area contributed by atoms with Crippen LogP contribution in [0.5, 0.6) is 5.75 Å². The second-order valence-electron chi connectivity index (χ2n) is 9.91. The summed E-state index contributed by atoms with van der Waals surface area (Å²) in [4.78, 5) is 27.9. The highest BCUT2D eigenvalue weighted by Gasteiger charge is 2.24. The molecule has 0 spiro atoms. The molecular formula is C36H24O5. The van der Waals surface area contributed by atoms with E-state index in [1.807, 2.05) is 91.0 Å². The van der Waals surface area contributed by atoms with Crippen LogP contribution in [-0.2, 0) is 6.42 Å². The quantitative estimate of drug-likeness (QED) is 0.209. The smallest absolute Gasteiger partial charge is 0.200 e. The van der Waals surface area contributed by atoms with Crippen LogP contribution in [0.25, 0.3) is 55.2 Å². The number of hydrogen-bond donors (Lipinski definition) is 0. The van der Waals surface area contributed by atoms with Crippen molar-refractivity contribution in [1.82, 2.24) is 0 Å². The van der Waals surface area contributed by atoms with Crippen LogP contribution in [0.1, 0.15) is 11.3 Å². The molecule has 0 fully saturated rings. The maximum Gasteiger partial charge on any atom is 0.200 e. The largest absolute Gasteiger partial charge is 0.497 e. The molecule has 5 nitrogen and oxygen atoms in total. The second kappa shape index (κ2) is 9.96. The van der Waals surface area contributed by atoms with Gasteiger partial charge >= 0.3 is 0 Å². The minimum atomic E-state index is -0.143. The van der Waals surface area contributed by atoms with Gasteiger partial charge in [-0.1, -0.05) is 72.8 Å². The monoisotopic (exact) mass is 536 g/mol. The van der Waals surface area contributed by atoms with Crippen LogP contribution < -0.4 is 15.6 Å². The van der Waals surface area contributed by atoms with Gasteiger partial charge in [-0.25, -0.2) is 0 Å². The summed E-state index contributed by atoms with van der Waals surface area (Å²) in [6, 6.07) is 35.5. The molecule has 0 amide bonds. The molecule has 0 aliphatic carbocycles. The van der Waals surface area contributed by atoms with Gasteiger partial charge in [0.25, 0.3) is 0 Å². The predicted octanol–water partition coefficient (Wildman–Crippen LogP) is 7.99. The Labute approximate surface area is 234 Å². The van der Waals surface area contributed by atoms with Crippen molar-refractivity contribution in [3.05, 3.63) is 147 Å². The van der Waals surface area contributed by atoms with Crippen molar-refractivity contribution in [3.8, 4) is 28.0 Å². The van der Waals surface area contributed by atoms with Crippen LogP contribution in [-0.4, -0.2) is 7.11 Å². The lowest BCUT2D eigenvalue weighted by atomic mass is 9.90. The van der Waals surface area contributed by atoms with E-state index in [0.717, 1.165) is 11.1 Å². The molecule has 0 unspecified atom stereocenters. The lowest BCUT2D eigenvalue weighted by Crippen LogP contribution is -2.11. The number of ether oxygens (including phenoxy) is 1. The van der Waals surface area contributed by atoms with Crippen molar-refractivity contribution in [2.24, 2.45) is 0 Å². The maximum absolute atomic E-state index is 14.3. The predicted molar refractivity (Wildman–Crippen MR) is 163 cm³/mol. The molecule has 7 rings (SSSR count). The van der Waals surface area contributed by atoms with Crippen LogP contribution in [0.2, 0.25) is 0 Å². The Bertz CT molecular complexity index is 2190. The van der Waals surface area contributed by atoms with Crippen molar-refractivity contribution in [2.45, 2.75) is 6.42 Å². The number of hydrogen-bond acceptors (Lipinski definition) is 5. The van der Waals surface area contributed by atoms with Gasteiger partial charge in [0.05, 0.1) is 28.8 Å². The Morgan fingerprint density at radius 3 is 1.93 bits per heavy atom. The Morgan fingerprint density at radius 1 is 0.585 bits per heavy atom. The van der Waals surface area contributed by atoms with E-state index >= 15 is 0 Å². The molecule has 0 aliphatic rings. The van der Waals surface area contributed by atoms with E-state index < -0.39 is 0 Å². The standard InChI is InChI=1S/C36H24O5/c1-39-24-17-15-23(16-18-24)32-27(19-20-28-34(37)25-11-5-8-14-30(25)41-36(28)32)33-31(21-22-9-3-2-4-10-22)40-29-13-7-6-12-26(29)35(33)38/h2-20H,21H2,1H3. The van der Waals surface area contributed by atoms with Crippen molar-refractivity contribution >= 4 is 32.9 Å². The van der Waals surface area contributed by atoms with Crippen molar-refractivity contribution in [1.29, 1.82) is 0 Å².